The summed E-state index contributed by atoms with van der Waals surface area (Å²) in [4.78, 5) is 20.5. The molecule has 4 nitrogen and oxygen atoms in total. The third-order valence-electron chi connectivity index (χ3n) is 0.804. The maximum absolute atomic E-state index is 10.5. The fourth-order valence-electron chi connectivity index (χ4n) is 0.345. The second-order valence-electron chi connectivity index (χ2n) is 1.59. The van der Waals surface area contributed by atoms with E-state index in [4.69, 9.17) is 6.42 Å². The molecular weight excluding hydrogens is 134 g/mol. The van der Waals surface area contributed by atoms with E-state index < -0.39 is 18.0 Å². The molecule has 0 aliphatic carbocycles. The van der Waals surface area contributed by atoms with Crippen molar-refractivity contribution in [1.29, 1.82) is 0 Å². The van der Waals surface area contributed by atoms with E-state index in [-0.39, 0.29) is 0 Å². The predicted octanol–water partition coefficient (Wildman–Crippen LogP) is -0.328. The summed E-state index contributed by atoms with van der Waals surface area (Å²) in [6, 6.07) is 0. The van der Waals surface area contributed by atoms with Gasteiger partial charge in [-0.15, -0.1) is 6.42 Å². The first kappa shape index (κ1) is 8.50. The standard InChI is InChI=1S/C6H7NO3/c1-3-5(8)4(2)10-6(7)9/h1,4H,2H3,(H2,7,9)/t4-/m0/s1. The summed E-state index contributed by atoms with van der Waals surface area (Å²) in [7, 11) is 0. The first-order chi connectivity index (χ1) is 4.57. The van der Waals surface area contributed by atoms with Gasteiger partial charge in [-0.3, -0.25) is 4.79 Å². The summed E-state index contributed by atoms with van der Waals surface area (Å²) in [5.41, 5.74) is 4.60. The Hall–Kier alpha value is -1.50. The van der Waals surface area contributed by atoms with Crippen LogP contribution in [0.2, 0.25) is 0 Å². The topological polar surface area (TPSA) is 69.4 Å². The molecule has 54 valence electrons. The fourth-order valence-corrected chi connectivity index (χ4v) is 0.345. The van der Waals surface area contributed by atoms with Gasteiger partial charge in [-0.2, -0.15) is 0 Å². The molecule has 4 heteroatoms. The van der Waals surface area contributed by atoms with Crippen LogP contribution in [0, 0.1) is 12.3 Å². The first-order valence-corrected chi connectivity index (χ1v) is 2.54. The SMILES string of the molecule is C#CC(=O)[C@H](C)OC(N)=O. The zero-order valence-corrected chi connectivity index (χ0v) is 5.46. The Morgan fingerprint density at radius 2 is 2.20 bits per heavy atom. The summed E-state index contributed by atoms with van der Waals surface area (Å²) >= 11 is 0. The van der Waals surface area contributed by atoms with Crippen LogP contribution in [0.1, 0.15) is 6.92 Å². The third-order valence-corrected chi connectivity index (χ3v) is 0.804. The number of primary amides is 1. The molecule has 0 aromatic carbocycles. The molecule has 10 heavy (non-hydrogen) atoms. The molecular formula is C6H7NO3. The van der Waals surface area contributed by atoms with Crippen LogP contribution in [-0.4, -0.2) is 18.0 Å². The van der Waals surface area contributed by atoms with Crippen molar-refractivity contribution in [1.82, 2.24) is 0 Å². The van der Waals surface area contributed by atoms with Gasteiger partial charge in [-0.1, -0.05) is 0 Å². The molecule has 2 N–H and O–H groups in total. The minimum absolute atomic E-state index is 0.598. The highest BCUT2D eigenvalue weighted by molar-refractivity contribution is 5.99. The van der Waals surface area contributed by atoms with Crippen molar-refractivity contribution in [2.45, 2.75) is 13.0 Å². The maximum Gasteiger partial charge on any atom is 0.405 e. The molecule has 0 fully saturated rings. The van der Waals surface area contributed by atoms with Crippen LogP contribution in [0.3, 0.4) is 0 Å². The van der Waals surface area contributed by atoms with Gasteiger partial charge in [0, 0.05) is 0 Å². The number of carbonyl (C=O) groups is 2. The molecule has 0 heterocycles. The number of rotatable bonds is 2. The van der Waals surface area contributed by atoms with Gasteiger partial charge in [0.2, 0.25) is 5.78 Å². The van der Waals surface area contributed by atoms with Crippen molar-refractivity contribution in [3.05, 3.63) is 0 Å². The average molecular weight is 141 g/mol. The Bertz CT molecular complexity index is 192. The highest BCUT2D eigenvalue weighted by Gasteiger charge is 2.12. The highest BCUT2D eigenvalue weighted by Crippen LogP contribution is 1.90. The Kier molecular flexibility index (Phi) is 2.98. The molecule has 0 aromatic rings. The van der Waals surface area contributed by atoms with Crippen LogP contribution in [0.25, 0.3) is 0 Å². The Morgan fingerprint density at radius 3 is 2.50 bits per heavy atom. The Morgan fingerprint density at radius 1 is 1.70 bits per heavy atom. The minimum atomic E-state index is -1.00. The molecule has 1 amide bonds. The molecule has 0 aliphatic heterocycles. The highest BCUT2D eigenvalue weighted by atomic mass is 16.6. The van der Waals surface area contributed by atoms with E-state index in [0.29, 0.717) is 0 Å². The fraction of sp³-hybridized carbons (Fsp3) is 0.333. The normalized spacial score (nSPS) is 11.2. The number of hydrogen-bond acceptors (Lipinski definition) is 3. The summed E-state index contributed by atoms with van der Waals surface area (Å²) in [5, 5.41) is 0. The quantitative estimate of drug-likeness (QED) is 0.423. The molecule has 0 aliphatic rings. The van der Waals surface area contributed by atoms with E-state index in [1.165, 1.54) is 6.92 Å². The molecule has 0 bridgehead atoms. The number of nitrogens with two attached hydrogens (primary N) is 1. The van der Waals surface area contributed by atoms with Crippen LogP contribution in [0.15, 0.2) is 0 Å². The lowest BCUT2D eigenvalue weighted by Gasteiger charge is -2.04. The van der Waals surface area contributed by atoms with E-state index in [0.717, 1.165) is 0 Å². The Balaban J connectivity index is 3.88. The van der Waals surface area contributed by atoms with Gasteiger partial charge < -0.3 is 10.5 Å². The van der Waals surface area contributed by atoms with E-state index >= 15 is 0 Å². The number of hydrogen-bond donors (Lipinski definition) is 1. The van der Waals surface area contributed by atoms with Gasteiger partial charge in [0.25, 0.3) is 0 Å². The van der Waals surface area contributed by atoms with E-state index in [9.17, 15) is 9.59 Å². The summed E-state index contributed by atoms with van der Waals surface area (Å²) in [6.45, 7) is 1.35. The molecule has 0 unspecified atom stereocenters. The average Bonchev–Trinajstić information content (AvgIpc) is 1.85. The van der Waals surface area contributed by atoms with Crippen LogP contribution in [0.4, 0.5) is 4.79 Å². The molecule has 1 atom stereocenters. The number of ether oxygens (including phenoxy) is 1. The van der Waals surface area contributed by atoms with Crippen molar-refractivity contribution >= 4 is 11.9 Å². The first-order valence-electron chi connectivity index (χ1n) is 2.54. The number of amides is 1. The molecule has 0 rings (SSSR count). The molecule has 0 spiro atoms. The largest absolute Gasteiger partial charge is 0.438 e. The van der Waals surface area contributed by atoms with Crippen molar-refractivity contribution in [3.8, 4) is 12.3 Å². The molecule has 0 saturated carbocycles. The van der Waals surface area contributed by atoms with Crippen LogP contribution in [-0.2, 0) is 9.53 Å². The van der Waals surface area contributed by atoms with E-state index in [1.807, 2.05) is 0 Å². The lowest BCUT2D eigenvalue weighted by atomic mass is 10.3. The summed E-state index contributed by atoms with van der Waals surface area (Å²) in [6.07, 6.45) is 2.77. The third kappa shape index (κ3) is 2.72. The Labute approximate surface area is 58.3 Å². The molecule has 0 radical (unpaired) electrons. The van der Waals surface area contributed by atoms with Gasteiger partial charge in [-0.05, 0) is 12.8 Å². The van der Waals surface area contributed by atoms with Crippen LogP contribution < -0.4 is 5.73 Å². The second kappa shape index (κ2) is 3.51. The second-order valence-corrected chi connectivity index (χ2v) is 1.59. The summed E-state index contributed by atoms with van der Waals surface area (Å²) in [5.74, 6) is 1.20. The van der Waals surface area contributed by atoms with Gasteiger partial charge in [0.05, 0.1) is 0 Å². The monoisotopic (exact) mass is 141 g/mol. The predicted molar refractivity (Wildman–Crippen MR) is 34.0 cm³/mol. The number of ketones is 1. The lowest BCUT2D eigenvalue weighted by molar-refractivity contribution is -0.120. The van der Waals surface area contributed by atoms with Gasteiger partial charge in [0.1, 0.15) is 0 Å². The number of Topliss-reactive ketones (excluding diaryl/α,β-unsaturated/α-hetero) is 1. The zero-order valence-electron chi connectivity index (χ0n) is 5.46. The number of terminal acetylenes is 1. The van der Waals surface area contributed by atoms with Gasteiger partial charge in [0.15, 0.2) is 6.10 Å². The summed E-state index contributed by atoms with van der Waals surface area (Å²) < 4.78 is 4.25. The van der Waals surface area contributed by atoms with E-state index in [1.54, 1.807) is 5.92 Å². The van der Waals surface area contributed by atoms with Crippen molar-refractivity contribution in [3.63, 3.8) is 0 Å². The minimum Gasteiger partial charge on any atom is -0.438 e. The van der Waals surface area contributed by atoms with Gasteiger partial charge >= 0.3 is 6.09 Å². The number of carbonyl (C=O) groups excluding carboxylic acids is 2. The van der Waals surface area contributed by atoms with Crippen molar-refractivity contribution in [2.24, 2.45) is 5.73 Å². The van der Waals surface area contributed by atoms with E-state index in [2.05, 4.69) is 10.5 Å². The van der Waals surface area contributed by atoms with Crippen LogP contribution >= 0.6 is 0 Å². The lowest BCUT2D eigenvalue weighted by Crippen LogP contribution is -2.26. The zero-order chi connectivity index (χ0) is 8.15. The molecule has 0 aromatic heterocycles. The van der Waals surface area contributed by atoms with Crippen molar-refractivity contribution in [2.75, 3.05) is 0 Å². The molecule has 0 saturated heterocycles. The maximum atomic E-state index is 10.5. The van der Waals surface area contributed by atoms with Crippen molar-refractivity contribution < 1.29 is 14.3 Å². The van der Waals surface area contributed by atoms with Crippen LogP contribution in [0.5, 0.6) is 0 Å². The van der Waals surface area contributed by atoms with Gasteiger partial charge in [-0.25, -0.2) is 4.79 Å². The smallest absolute Gasteiger partial charge is 0.405 e.